The van der Waals surface area contributed by atoms with Crippen molar-refractivity contribution in [2.45, 2.75) is 5.16 Å². The SMILES string of the molecule is CSc1ncc(-c2cn3nc(Br)sc3n2)cn1. The van der Waals surface area contributed by atoms with Crippen LogP contribution >= 0.6 is 39.0 Å². The van der Waals surface area contributed by atoms with E-state index in [4.69, 9.17) is 0 Å². The number of halogens is 1. The lowest BCUT2D eigenvalue weighted by molar-refractivity contribution is 0.957. The molecule has 0 aromatic carbocycles. The Bertz CT molecular complexity index is 628. The molecule has 17 heavy (non-hydrogen) atoms. The molecule has 0 saturated carbocycles. The van der Waals surface area contributed by atoms with Gasteiger partial charge < -0.3 is 0 Å². The molecule has 3 rings (SSSR count). The highest BCUT2D eigenvalue weighted by Gasteiger charge is 2.09. The number of thioether (sulfide) groups is 1. The maximum Gasteiger partial charge on any atom is 0.213 e. The maximum atomic E-state index is 4.46. The zero-order chi connectivity index (χ0) is 11.8. The number of fused-ring (bicyclic) bond motifs is 1. The minimum absolute atomic E-state index is 0.760. The van der Waals surface area contributed by atoms with Crippen molar-refractivity contribution in [2.75, 3.05) is 6.26 Å². The van der Waals surface area contributed by atoms with Crippen LogP contribution in [0.25, 0.3) is 16.2 Å². The second-order valence-electron chi connectivity index (χ2n) is 3.17. The van der Waals surface area contributed by atoms with E-state index < -0.39 is 0 Å². The van der Waals surface area contributed by atoms with E-state index in [9.17, 15) is 0 Å². The Kier molecular flexibility index (Phi) is 2.85. The van der Waals surface area contributed by atoms with E-state index in [0.717, 1.165) is 25.3 Å². The van der Waals surface area contributed by atoms with Crippen molar-refractivity contribution in [3.05, 3.63) is 22.5 Å². The van der Waals surface area contributed by atoms with Gasteiger partial charge in [0, 0.05) is 18.0 Å². The molecule has 0 bridgehead atoms. The fraction of sp³-hybridized carbons (Fsp3) is 0.111. The van der Waals surface area contributed by atoms with Crippen LogP contribution in [0.5, 0.6) is 0 Å². The first-order chi connectivity index (χ1) is 8.26. The van der Waals surface area contributed by atoms with E-state index in [1.54, 1.807) is 16.9 Å². The predicted molar refractivity (Wildman–Crippen MR) is 71.4 cm³/mol. The molecule has 0 fully saturated rings. The molecule has 0 spiro atoms. The first-order valence-corrected chi connectivity index (χ1v) is 7.48. The van der Waals surface area contributed by atoms with Gasteiger partial charge in [0.1, 0.15) is 0 Å². The Hall–Kier alpha value is -0.990. The van der Waals surface area contributed by atoms with E-state index in [1.165, 1.54) is 23.1 Å². The Balaban J connectivity index is 2.04. The van der Waals surface area contributed by atoms with Gasteiger partial charge in [-0.05, 0) is 22.2 Å². The van der Waals surface area contributed by atoms with Gasteiger partial charge in [-0.1, -0.05) is 23.1 Å². The lowest BCUT2D eigenvalue weighted by Gasteiger charge is -1.96. The Morgan fingerprint density at radius 1 is 1.35 bits per heavy atom. The molecule has 3 aromatic heterocycles. The van der Waals surface area contributed by atoms with E-state index >= 15 is 0 Å². The molecule has 0 radical (unpaired) electrons. The summed E-state index contributed by atoms with van der Waals surface area (Å²) < 4.78 is 2.56. The Labute approximate surface area is 113 Å². The molecule has 5 nitrogen and oxygen atoms in total. The van der Waals surface area contributed by atoms with Gasteiger partial charge in [-0.3, -0.25) is 0 Å². The average molecular weight is 328 g/mol. The summed E-state index contributed by atoms with van der Waals surface area (Å²) in [6.45, 7) is 0. The Morgan fingerprint density at radius 3 is 2.76 bits per heavy atom. The fourth-order valence-corrected chi connectivity index (χ4v) is 2.90. The number of rotatable bonds is 2. The van der Waals surface area contributed by atoms with Crippen molar-refractivity contribution in [3.8, 4) is 11.3 Å². The zero-order valence-corrected chi connectivity index (χ0v) is 11.9. The highest BCUT2D eigenvalue weighted by molar-refractivity contribution is 9.11. The number of hydrogen-bond acceptors (Lipinski definition) is 6. The predicted octanol–water partition coefficient (Wildman–Crippen LogP) is 2.73. The first kappa shape index (κ1) is 11.1. The van der Waals surface area contributed by atoms with Crippen molar-refractivity contribution in [1.82, 2.24) is 24.6 Å². The van der Waals surface area contributed by atoms with Crippen LogP contribution in [0, 0.1) is 0 Å². The molecule has 8 heteroatoms. The van der Waals surface area contributed by atoms with Crippen molar-refractivity contribution in [1.29, 1.82) is 0 Å². The Morgan fingerprint density at radius 2 is 2.12 bits per heavy atom. The molecule has 86 valence electrons. The fourth-order valence-electron chi connectivity index (χ4n) is 1.37. The van der Waals surface area contributed by atoms with E-state index in [2.05, 4.69) is 36.0 Å². The third-order valence-corrected chi connectivity index (χ3v) is 4.06. The molecule has 0 aliphatic carbocycles. The van der Waals surface area contributed by atoms with Crippen molar-refractivity contribution in [2.24, 2.45) is 0 Å². The van der Waals surface area contributed by atoms with Crippen LogP contribution in [0.4, 0.5) is 0 Å². The number of aromatic nitrogens is 5. The summed E-state index contributed by atoms with van der Waals surface area (Å²) in [5, 5.41) is 5.00. The molecule has 3 heterocycles. The summed E-state index contributed by atoms with van der Waals surface area (Å²) in [4.78, 5) is 13.8. The first-order valence-electron chi connectivity index (χ1n) is 4.64. The van der Waals surface area contributed by atoms with Gasteiger partial charge in [0.2, 0.25) is 4.96 Å². The lowest BCUT2D eigenvalue weighted by atomic mass is 10.3. The minimum Gasteiger partial charge on any atom is -0.230 e. The van der Waals surface area contributed by atoms with Gasteiger partial charge in [0.05, 0.1) is 11.9 Å². The van der Waals surface area contributed by atoms with Crippen LogP contribution in [-0.4, -0.2) is 30.8 Å². The lowest BCUT2D eigenvalue weighted by Crippen LogP contribution is -1.86. The monoisotopic (exact) mass is 327 g/mol. The standard InChI is InChI=1S/C9H6BrN5S2/c1-16-8-11-2-5(3-12-8)6-4-15-9(13-6)17-7(10)14-15/h2-4H,1H3. The molecule has 0 aliphatic heterocycles. The summed E-state index contributed by atoms with van der Waals surface area (Å²) in [5.74, 6) is 0. The second-order valence-corrected chi connectivity index (χ2v) is 6.17. The van der Waals surface area contributed by atoms with E-state index in [1.807, 2.05) is 12.5 Å². The molecule has 0 aliphatic rings. The third-order valence-electron chi connectivity index (χ3n) is 2.13. The summed E-state index contributed by atoms with van der Waals surface area (Å²) in [6.07, 6.45) is 7.37. The normalized spacial score (nSPS) is 11.2. The quantitative estimate of drug-likeness (QED) is 0.535. The molecule has 0 amide bonds. The van der Waals surface area contributed by atoms with Crippen molar-refractivity contribution in [3.63, 3.8) is 0 Å². The number of imidazole rings is 1. The van der Waals surface area contributed by atoms with Crippen LogP contribution in [0.15, 0.2) is 27.7 Å². The van der Waals surface area contributed by atoms with Gasteiger partial charge in [0.15, 0.2) is 9.07 Å². The summed E-state index contributed by atoms with van der Waals surface area (Å²) in [6, 6.07) is 0. The topological polar surface area (TPSA) is 56.0 Å². The zero-order valence-electron chi connectivity index (χ0n) is 8.66. The van der Waals surface area contributed by atoms with Crippen LogP contribution in [0.2, 0.25) is 0 Å². The largest absolute Gasteiger partial charge is 0.230 e. The summed E-state index contributed by atoms with van der Waals surface area (Å²) >= 11 is 6.33. The maximum absolute atomic E-state index is 4.46. The summed E-state index contributed by atoms with van der Waals surface area (Å²) in [7, 11) is 0. The van der Waals surface area contributed by atoms with Crippen LogP contribution in [0.3, 0.4) is 0 Å². The molecular formula is C9H6BrN5S2. The highest BCUT2D eigenvalue weighted by Crippen LogP contribution is 2.24. The van der Waals surface area contributed by atoms with E-state index in [0.29, 0.717) is 0 Å². The van der Waals surface area contributed by atoms with Crippen molar-refractivity contribution < 1.29 is 0 Å². The number of nitrogens with zero attached hydrogens (tertiary/aromatic N) is 5. The van der Waals surface area contributed by atoms with Crippen molar-refractivity contribution >= 4 is 44.0 Å². The van der Waals surface area contributed by atoms with Gasteiger partial charge >= 0.3 is 0 Å². The molecule has 3 aromatic rings. The van der Waals surface area contributed by atoms with Crippen LogP contribution in [-0.2, 0) is 0 Å². The van der Waals surface area contributed by atoms with E-state index in [-0.39, 0.29) is 0 Å². The average Bonchev–Trinajstić information content (AvgIpc) is 2.86. The molecule has 0 atom stereocenters. The third kappa shape index (κ3) is 2.07. The molecule has 0 N–H and O–H groups in total. The molecule has 0 saturated heterocycles. The van der Waals surface area contributed by atoms with Gasteiger partial charge in [-0.15, -0.1) is 5.10 Å². The van der Waals surface area contributed by atoms with Crippen LogP contribution in [0.1, 0.15) is 0 Å². The smallest absolute Gasteiger partial charge is 0.213 e. The van der Waals surface area contributed by atoms with Gasteiger partial charge in [-0.2, -0.15) is 0 Å². The number of hydrogen-bond donors (Lipinski definition) is 0. The molecule has 0 unspecified atom stereocenters. The molecular weight excluding hydrogens is 322 g/mol. The van der Waals surface area contributed by atoms with Gasteiger partial charge in [0.25, 0.3) is 0 Å². The summed E-state index contributed by atoms with van der Waals surface area (Å²) in [5.41, 5.74) is 1.74. The minimum atomic E-state index is 0.760. The second kappa shape index (κ2) is 4.35. The highest BCUT2D eigenvalue weighted by atomic mass is 79.9. The van der Waals surface area contributed by atoms with Crippen LogP contribution < -0.4 is 0 Å². The van der Waals surface area contributed by atoms with Gasteiger partial charge in [-0.25, -0.2) is 19.5 Å².